The smallest absolute Gasteiger partial charge is 0.249 e. The average Bonchev–Trinajstić information content (AvgIpc) is 2.38. The first kappa shape index (κ1) is 13.4. The molecule has 0 unspecified atom stereocenters. The summed E-state index contributed by atoms with van der Waals surface area (Å²) >= 11 is 0. The maximum Gasteiger partial charge on any atom is 0.249 e. The molecule has 0 bridgehead atoms. The number of ether oxygens (including phenoxy) is 1. The Labute approximate surface area is 101 Å². The van der Waals surface area contributed by atoms with Crippen molar-refractivity contribution in [3.63, 3.8) is 0 Å². The maximum absolute atomic E-state index is 11.6. The third-order valence-electron chi connectivity index (χ3n) is 2.35. The molecule has 0 heterocycles. The van der Waals surface area contributed by atoms with Gasteiger partial charge in [-0.15, -0.1) is 0 Å². The van der Waals surface area contributed by atoms with Crippen molar-refractivity contribution in [2.24, 2.45) is 0 Å². The second-order valence-electron chi connectivity index (χ2n) is 3.65. The van der Waals surface area contributed by atoms with Gasteiger partial charge in [0, 0.05) is 12.7 Å². The summed E-state index contributed by atoms with van der Waals surface area (Å²) in [5.74, 6) is -0.363. The zero-order valence-corrected chi connectivity index (χ0v) is 9.85. The van der Waals surface area contributed by atoms with Crippen molar-refractivity contribution in [1.82, 2.24) is 5.32 Å². The Kier molecular flexibility index (Phi) is 5.39. The number of rotatable bonds is 6. The molecule has 4 nitrogen and oxygen atoms in total. The van der Waals surface area contributed by atoms with E-state index in [-0.39, 0.29) is 24.1 Å². The van der Waals surface area contributed by atoms with Crippen LogP contribution in [0.4, 0.5) is 0 Å². The fourth-order valence-electron chi connectivity index (χ4n) is 1.41. The molecule has 1 atom stereocenters. The molecular weight excluding hydrogens is 218 g/mol. The van der Waals surface area contributed by atoms with E-state index in [1.165, 1.54) is 0 Å². The summed E-state index contributed by atoms with van der Waals surface area (Å²) in [7, 11) is 1.57. The van der Waals surface area contributed by atoms with Gasteiger partial charge in [0.25, 0.3) is 0 Å². The molecule has 1 aromatic carbocycles. The number of aliphatic hydroxyl groups excluding tert-OH is 1. The number of carbonyl (C=O) groups is 1. The molecule has 0 aliphatic heterocycles. The number of methoxy groups -OCH3 is 1. The van der Waals surface area contributed by atoms with Crippen molar-refractivity contribution in [3.05, 3.63) is 48.0 Å². The maximum atomic E-state index is 11.6. The van der Waals surface area contributed by atoms with E-state index in [0.29, 0.717) is 6.61 Å². The molecule has 0 aromatic heterocycles. The predicted molar refractivity (Wildman–Crippen MR) is 65.4 cm³/mol. The Morgan fingerprint density at radius 3 is 2.65 bits per heavy atom. The van der Waals surface area contributed by atoms with Crippen molar-refractivity contribution in [2.45, 2.75) is 6.04 Å². The van der Waals surface area contributed by atoms with Gasteiger partial charge >= 0.3 is 0 Å². The van der Waals surface area contributed by atoms with Gasteiger partial charge in [0.15, 0.2) is 0 Å². The normalized spacial score (nSPS) is 11.9. The lowest BCUT2D eigenvalue weighted by molar-refractivity contribution is -0.119. The number of aliphatic hydroxyl groups is 1. The molecular formula is C13H17NO3. The Balaban J connectivity index is 2.74. The second-order valence-corrected chi connectivity index (χ2v) is 3.65. The van der Waals surface area contributed by atoms with Crippen LogP contribution in [-0.4, -0.2) is 31.3 Å². The quantitative estimate of drug-likeness (QED) is 0.724. The third kappa shape index (κ3) is 4.01. The lowest BCUT2D eigenvalue weighted by Gasteiger charge is -2.18. The first-order valence-corrected chi connectivity index (χ1v) is 5.32. The summed E-state index contributed by atoms with van der Waals surface area (Å²) in [6.07, 6.45) is 0. The van der Waals surface area contributed by atoms with E-state index in [4.69, 9.17) is 9.84 Å². The SMILES string of the molecule is C=C(CO)C(=O)N[C@H](COC)c1ccccc1. The molecule has 0 saturated heterocycles. The molecule has 0 aliphatic rings. The fraction of sp³-hybridized carbons (Fsp3) is 0.308. The van der Waals surface area contributed by atoms with Crippen LogP contribution in [0.5, 0.6) is 0 Å². The van der Waals surface area contributed by atoms with Gasteiger partial charge in [0.1, 0.15) is 0 Å². The van der Waals surface area contributed by atoms with Gasteiger partial charge in [0.2, 0.25) is 5.91 Å². The van der Waals surface area contributed by atoms with Crippen LogP contribution in [0.25, 0.3) is 0 Å². The minimum atomic E-state index is -0.363. The van der Waals surface area contributed by atoms with Crippen molar-refractivity contribution in [3.8, 4) is 0 Å². The highest BCUT2D eigenvalue weighted by molar-refractivity contribution is 5.93. The molecule has 1 rings (SSSR count). The van der Waals surface area contributed by atoms with Gasteiger partial charge in [-0.2, -0.15) is 0 Å². The molecule has 0 radical (unpaired) electrons. The van der Waals surface area contributed by atoms with Crippen LogP contribution in [0.2, 0.25) is 0 Å². The number of carbonyl (C=O) groups excluding carboxylic acids is 1. The van der Waals surface area contributed by atoms with Crippen LogP contribution in [0.15, 0.2) is 42.5 Å². The summed E-state index contributed by atoms with van der Waals surface area (Å²) in [6.45, 7) is 3.50. The summed E-state index contributed by atoms with van der Waals surface area (Å²) in [4.78, 5) is 11.6. The van der Waals surface area contributed by atoms with Crippen LogP contribution >= 0.6 is 0 Å². The molecule has 2 N–H and O–H groups in total. The first-order chi connectivity index (χ1) is 8.19. The predicted octanol–water partition coefficient (Wildman–Crippen LogP) is 1.04. The Morgan fingerprint density at radius 1 is 1.47 bits per heavy atom. The Bertz CT molecular complexity index is 376. The van der Waals surface area contributed by atoms with E-state index >= 15 is 0 Å². The second kappa shape index (κ2) is 6.83. The van der Waals surface area contributed by atoms with Crippen LogP contribution in [-0.2, 0) is 9.53 Å². The number of benzene rings is 1. The summed E-state index contributed by atoms with van der Waals surface area (Å²) < 4.78 is 5.07. The first-order valence-electron chi connectivity index (χ1n) is 5.32. The van der Waals surface area contributed by atoms with Crippen molar-refractivity contribution < 1.29 is 14.6 Å². The zero-order valence-electron chi connectivity index (χ0n) is 9.85. The molecule has 0 aliphatic carbocycles. The number of hydrogen-bond donors (Lipinski definition) is 2. The summed E-state index contributed by atoms with van der Waals surface area (Å²) in [6, 6.07) is 9.27. The van der Waals surface area contributed by atoms with Crippen LogP contribution in [0.1, 0.15) is 11.6 Å². The van der Waals surface area contributed by atoms with Gasteiger partial charge in [-0.25, -0.2) is 0 Å². The summed E-state index contributed by atoms with van der Waals surface area (Å²) in [5, 5.41) is 11.6. The number of nitrogens with one attached hydrogen (secondary N) is 1. The van der Waals surface area contributed by atoms with E-state index in [1.54, 1.807) is 7.11 Å². The van der Waals surface area contributed by atoms with Crippen LogP contribution in [0, 0.1) is 0 Å². The van der Waals surface area contributed by atoms with E-state index < -0.39 is 0 Å². The molecule has 0 saturated carbocycles. The van der Waals surface area contributed by atoms with E-state index in [2.05, 4.69) is 11.9 Å². The lowest BCUT2D eigenvalue weighted by Crippen LogP contribution is -2.32. The molecule has 1 aromatic rings. The zero-order chi connectivity index (χ0) is 12.7. The minimum Gasteiger partial charge on any atom is -0.391 e. The number of hydrogen-bond acceptors (Lipinski definition) is 3. The van der Waals surface area contributed by atoms with Gasteiger partial charge in [-0.3, -0.25) is 4.79 Å². The lowest BCUT2D eigenvalue weighted by atomic mass is 10.1. The van der Waals surface area contributed by atoms with Crippen LogP contribution in [0.3, 0.4) is 0 Å². The number of amides is 1. The molecule has 92 valence electrons. The minimum absolute atomic E-state index is 0.141. The standard InChI is InChI=1S/C13H17NO3/c1-10(8-15)13(16)14-12(9-17-2)11-6-4-3-5-7-11/h3-7,12,15H,1,8-9H2,2H3,(H,14,16)/t12-/m1/s1. The third-order valence-corrected chi connectivity index (χ3v) is 2.35. The highest BCUT2D eigenvalue weighted by atomic mass is 16.5. The van der Waals surface area contributed by atoms with E-state index in [9.17, 15) is 4.79 Å². The fourth-order valence-corrected chi connectivity index (χ4v) is 1.41. The molecule has 4 heteroatoms. The van der Waals surface area contributed by atoms with Crippen LogP contribution < -0.4 is 5.32 Å². The highest BCUT2D eigenvalue weighted by Crippen LogP contribution is 2.13. The average molecular weight is 235 g/mol. The van der Waals surface area contributed by atoms with Gasteiger partial charge in [-0.05, 0) is 5.56 Å². The van der Waals surface area contributed by atoms with E-state index in [1.807, 2.05) is 30.3 Å². The molecule has 0 fully saturated rings. The topological polar surface area (TPSA) is 58.6 Å². The van der Waals surface area contributed by atoms with Crippen molar-refractivity contribution in [2.75, 3.05) is 20.3 Å². The molecule has 1 amide bonds. The Morgan fingerprint density at radius 2 is 2.12 bits per heavy atom. The summed E-state index contributed by atoms with van der Waals surface area (Å²) in [5.41, 5.74) is 1.09. The van der Waals surface area contributed by atoms with Gasteiger partial charge in [0.05, 0.1) is 19.3 Å². The highest BCUT2D eigenvalue weighted by Gasteiger charge is 2.15. The molecule has 0 spiro atoms. The Hall–Kier alpha value is -1.65. The van der Waals surface area contributed by atoms with Gasteiger partial charge in [-0.1, -0.05) is 36.9 Å². The largest absolute Gasteiger partial charge is 0.391 e. The molecule has 17 heavy (non-hydrogen) atoms. The van der Waals surface area contributed by atoms with Gasteiger partial charge < -0.3 is 15.2 Å². The van der Waals surface area contributed by atoms with Crippen molar-refractivity contribution >= 4 is 5.91 Å². The monoisotopic (exact) mass is 235 g/mol. The van der Waals surface area contributed by atoms with E-state index in [0.717, 1.165) is 5.56 Å². The van der Waals surface area contributed by atoms with Crippen molar-refractivity contribution in [1.29, 1.82) is 0 Å².